The van der Waals surface area contributed by atoms with Gasteiger partial charge in [-0.15, -0.1) is 0 Å². The molecule has 238 valence electrons. The monoisotopic (exact) mass is 619 g/mol. The molecule has 1 aliphatic heterocycles. The molecule has 0 spiro atoms. The summed E-state index contributed by atoms with van der Waals surface area (Å²) in [6.07, 6.45) is 1.63. The Bertz CT molecular complexity index is 1780. The molecule has 9 nitrogen and oxygen atoms in total. The molecule has 1 saturated heterocycles. The van der Waals surface area contributed by atoms with E-state index in [2.05, 4.69) is 23.5 Å². The summed E-state index contributed by atoms with van der Waals surface area (Å²) in [6, 6.07) is 30.2. The maximum Gasteiger partial charge on any atom is 0.410 e. The average Bonchev–Trinajstić information content (AvgIpc) is 3.38. The van der Waals surface area contributed by atoms with Crippen LogP contribution in [0.4, 0.5) is 10.5 Å². The number of rotatable bonds is 9. The standard InChI is InChI=1S/C37H41N5O4/c1-37(2,3)46-36(43)42-21-11-16-29(23-42)38-28-17-18-30-32(22-28)41(4)40-34(30)31-19-20-33(44-24-26-12-7-5-8-13-26)39-35(31)45-25-27-14-9-6-10-15-27/h5-10,12-15,17-20,22,29,38H,11,16,21,23-25H2,1-4H3/t29-/m0/s1. The van der Waals surface area contributed by atoms with E-state index in [0.717, 1.165) is 51.8 Å². The van der Waals surface area contributed by atoms with E-state index in [9.17, 15) is 4.79 Å². The minimum Gasteiger partial charge on any atom is -0.473 e. The maximum absolute atomic E-state index is 12.7. The van der Waals surface area contributed by atoms with Crippen LogP contribution < -0.4 is 14.8 Å². The smallest absolute Gasteiger partial charge is 0.410 e. The summed E-state index contributed by atoms with van der Waals surface area (Å²) in [5.74, 6) is 0.941. The van der Waals surface area contributed by atoms with Gasteiger partial charge in [0.2, 0.25) is 11.8 Å². The first kappa shape index (κ1) is 31.0. The number of aromatic nitrogens is 3. The van der Waals surface area contributed by atoms with Crippen molar-refractivity contribution in [2.75, 3.05) is 18.4 Å². The van der Waals surface area contributed by atoms with Crippen LogP contribution in [0, 0.1) is 0 Å². The summed E-state index contributed by atoms with van der Waals surface area (Å²) >= 11 is 0. The van der Waals surface area contributed by atoms with E-state index in [-0.39, 0.29) is 12.1 Å². The lowest BCUT2D eigenvalue weighted by atomic mass is 10.0. The number of hydrogen-bond donors (Lipinski definition) is 1. The van der Waals surface area contributed by atoms with Crippen molar-refractivity contribution in [3.8, 4) is 23.0 Å². The molecule has 0 radical (unpaired) electrons. The Kier molecular flexibility index (Phi) is 9.10. The maximum atomic E-state index is 12.7. The Hall–Kier alpha value is -5.05. The first-order valence-corrected chi connectivity index (χ1v) is 15.8. The van der Waals surface area contributed by atoms with E-state index in [1.807, 2.05) is 105 Å². The number of aryl methyl sites for hydroxylation is 1. The Morgan fingerprint density at radius 2 is 1.61 bits per heavy atom. The number of fused-ring (bicyclic) bond motifs is 1. The third-order valence-electron chi connectivity index (χ3n) is 7.83. The molecule has 1 atom stereocenters. The lowest BCUT2D eigenvalue weighted by Gasteiger charge is -2.34. The summed E-state index contributed by atoms with van der Waals surface area (Å²) in [6.45, 7) is 7.75. The number of amides is 1. The molecule has 3 heterocycles. The molecule has 0 bridgehead atoms. The fourth-order valence-electron chi connectivity index (χ4n) is 5.62. The molecular formula is C37H41N5O4. The van der Waals surface area contributed by atoms with Crippen LogP contribution in [0.25, 0.3) is 22.2 Å². The van der Waals surface area contributed by atoms with Crippen molar-refractivity contribution in [3.05, 3.63) is 102 Å². The van der Waals surface area contributed by atoms with Gasteiger partial charge in [-0.05, 0) is 69.0 Å². The quantitative estimate of drug-likeness (QED) is 0.182. The first-order chi connectivity index (χ1) is 22.2. The van der Waals surface area contributed by atoms with Crippen LogP contribution in [0.2, 0.25) is 0 Å². The molecule has 1 aliphatic rings. The molecular weight excluding hydrogens is 578 g/mol. The summed E-state index contributed by atoms with van der Waals surface area (Å²) in [5, 5.41) is 9.54. The van der Waals surface area contributed by atoms with E-state index in [1.165, 1.54) is 0 Å². The predicted octanol–water partition coefficient (Wildman–Crippen LogP) is 7.60. The largest absolute Gasteiger partial charge is 0.473 e. The van der Waals surface area contributed by atoms with Gasteiger partial charge < -0.3 is 24.4 Å². The number of benzene rings is 3. The second-order valence-electron chi connectivity index (χ2n) is 12.7. The number of hydrogen-bond acceptors (Lipinski definition) is 7. The van der Waals surface area contributed by atoms with Crippen molar-refractivity contribution < 1.29 is 19.0 Å². The van der Waals surface area contributed by atoms with Crippen molar-refractivity contribution in [3.63, 3.8) is 0 Å². The minimum absolute atomic E-state index is 0.122. The Morgan fingerprint density at radius 1 is 0.913 bits per heavy atom. The lowest BCUT2D eigenvalue weighted by molar-refractivity contribution is 0.0206. The van der Waals surface area contributed by atoms with Crippen LogP contribution >= 0.6 is 0 Å². The number of pyridine rings is 1. The third-order valence-corrected chi connectivity index (χ3v) is 7.83. The highest BCUT2D eigenvalue weighted by Crippen LogP contribution is 2.36. The second-order valence-corrected chi connectivity index (χ2v) is 12.7. The molecule has 0 saturated carbocycles. The van der Waals surface area contributed by atoms with Gasteiger partial charge in [0, 0.05) is 43.3 Å². The molecule has 6 rings (SSSR count). The number of piperidine rings is 1. The molecule has 5 aromatic rings. The fourth-order valence-corrected chi connectivity index (χ4v) is 5.62. The van der Waals surface area contributed by atoms with Gasteiger partial charge in [0.1, 0.15) is 24.5 Å². The van der Waals surface area contributed by atoms with Gasteiger partial charge in [0.15, 0.2) is 0 Å². The van der Waals surface area contributed by atoms with Crippen molar-refractivity contribution in [2.24, 2.45) is 7.05 Å². The van der Waals surface area contributed by atoms with E-state index in [4.69, 9.17) is 24.3 Å². The van der Waals surface area contributed by atoms with Crippen molar-refractivity contribution in [1.29, 1.82) is 0 Å². The van der Waals surface area contributed by atoms with Crippen LogP contribution in [0.3, 0.4) is 0 Å². The van der Waals surface area contributed by atoms with Crippen molar-refractivity contribution in [1.82, 2.24) is 19.7 Å². The van der Waals surface area contributed by atoms with Gasteiger partial charge >= 0.3 is 6.09 Å². The minimum atomic E-state index is -0.517. The van der Waals surface area contributed by atoms with Crippen LogP contribution in [-0.2, 0) is 25.0 Å². The number of nitrogens with one attached hydrogen (secondary N) is 1. The SMILES string of the molecule is Cn1nc(-c2ccc(OCc3ccccc3)nc2OCc2ccccc2)c2ccc(N[C@H]3CCCN(C(=O)OC(C)(C)C)C3)cc21. The summed E-state index contributed by atoms with van der Waals surface area (Å²) in [7, 11) is 1.94. The first-order valence-electron chi connectivity index (χ1n) is 15.8. The van der Waals surface area contributed by atoms with Gasteiger partial charge in [-0.1, -0.05) is 60.7 Å². The number of ether oxygens (including phenoxy) is 3. The molecule has 1 amide bonds. The lowest BCUT2D eigenvalue weighted by Crippen LogP contribution is -2.46. The fraction of sp³-hybridized carbons (Fsp3) is 0.324. The van der Waals surface area contributed by atoms with Crippen molar-refractivity contribution >= 4 is 22.7 Å². The summed E-state index contributed by atoms with van der Waals surface area (Å²) < 4.78 is 19.9. The van der Waals surface area contributed by atoms with Crippen molar-refractivity contribution in [2.45, 2.75) is 58.5 Å². The molecule has 46 heavy (non-hydrogen) atoms. The van der Waals surface area contributed by atoms with E-state index < -0.39 is 5.60 Å². The number of carbonyl (C=O) groups excluding carboxylic acids is 1. The highest BCUT2D eigenvalue weighted by Gasteiger charge is 2.28. The van der Waals surface area contributed by atoms with E-state index >= 15 is 0 Å². The van der Waals surface area contributed by atoms with Gasteiger partial charge in [-0.2, -0.15) is 10.1 Å². The Morgan fingerprint density at radius 3 is 2.30 bits per heavy atom. The zero-order valence-corrected chi connectivity index (χ0v) is 26.9. The molecule has 2 aromatic heterocycles. The topological polar surface area (TPSA) is 90.7 Å². The zero-order chi connectivity index (χ0) is 32.1. The molecule has 0 unspecified atom stereocenters. The third kappa shape index (κ3) is 7.59. The number of anilines is 1. The van der Waals surface area contributed by atoms with Gasteiger partial charge in [0.25, 0.3) is 0 Å². The second kappa shape index (κ2) is 13.5. The average molecular weight is 620 g/mol. The molecule has 1 fully saturated rings. The van der Waals surface area contributed by atoms with Crippen LogP contribution in [-0.4, -0.2) is 50.5 Å². The van der Waals surface area contributed by atoms with Gasteiger partial charge in [-0.3, -0.25) is 4.68 Å². The normalized spacial score (nSPS) is 15.0. The van der Waals surface area contributed by atoms with Gasteiger partial charge in [0.05, 0.1) is 11.1 Å². The number of nitrogens with zero attached hydrogens (tertiary/aromatic N) is 4. The van der Waals surface area contributed by atoms with Crippen LogP contribution in [0.5, 0.6) is 11.8 Å². The molecule has 1 N–H and O–H groups in total. The Balaban J connectivity index is 1.24. The highest BCUT2D eigenvalue weighted by molar-refractivity contribution is 5.96. The molecule has 9 heteroatoms. The summed E-state index contributed by atoms with van der Waals surface area (Å²) in [5.41, 5.74) is 5.10. The predicted molar refractivity (Wildman–Crippen MR) is 180 cm³/mol. The number of carbonyl (C=O) groups is 1. The zero-order valence-electron chi connectivity index (χ0n) is 26.9. The van der Waals surface area contributed by atoms with Gasteiger partial charge in [-0.25, -0.2) is 4.79 Å². The summed E-state index contributed by atoms with van der Waals surface area (Å²) in [4.78, 5) is 19.3. The number of likely N-dealkylation sites (tertiary alicyclic amines) is 1. The van der Waals surface area contributed by atoms with E-state index in [1.54, 1.807) is 4.90 Å². The highest BCUT2D eigenvalue weighted by atomic mass is 16.6. The van der Waals surface area contributed by atoms with E-state index in [0.29, 0.717) is 38.1 Å². The Labute approximate surface area is 270 Å². The molecule has 0 aliphatic carbocycles. The molecule has 3 aromatic carbocycles. The van der Waals surface area contributed by atoms with Crippen LogP contribution in [0.15, 0.2) is 91.0 Å². The van der Waals surface area contributed by atoms with Crippen LogP contribution in [0.1, 0.15) is 44.7 Å².